The Morgan fingerprint density at radius 2 is 1.92 bits per heavy atom. The summed E-state index contributed by atoms with van der Waals surface area (Å²) in [5.74, 6) is -0.619. The van der Waals surface area contributed by atoms with Gasteiger partial charge in [-0.25, -0.2) is 22.9 Å². The van der Waals surface area contributed by atoms with Crippen LogP contribution in [-0.4, -0.2) is 38.6 Å². The fraction of sp³-hybridized carbons (Fsp3) is 0.412. The van der Waals surface area contributed by atoms with Crippen LogP contribution < -0.4 is 10.5 Å². The van der Waals surface area contributed by atoms with Crippen LogP contribution in [0.25, 0.3) is 10.8 Å². The van der Waals surface area contributed by atoms with E-state index >= 15 is 0 Å². The predicted molar refractivity (Wildman–Crippen MR) is 95.8 cm³/mol. The molecule has 0 spiro atoms. The average Bonchev–Trinajstić information content (AvgIpc) is 2.64. The molecule has 1 heterocycles. The number of nitrogens with zero attached hydrogens (tertiary/aromatic N) is 1. The van der Waals surface area contributed by atoms with Crippen LogP contribution in [0.15, 0.2) is 35.4 Å². The van der Waals surface area contributed by atoms with Gasteiger partial charge >= 0.3 is 5.97 Å². The van der Waals surface area contributed by atoms with E-state index in [-0.39, 0.29) is 17.1 Å². The molecule has 0 bridgehead atoms. The fourth-order valence-corrected chi connectivity index (χ4v) is 4.51. The molecule has 0 saturated carbocycles. The summed E-state index contributed by atoms with van der Waals surface area (Å²) in [5.41, 5.74) is 5.18. The maximum Gasteiger partial charge on any atom is 0.357 e. The van der Waals surface area contributed by atoms with Crippen LogP contribution in [0.4, 0.5) is 0 Å². The van der Waals surface area contributed by atoms with E-state index in [0.717, 1.165) is 0 Å². The number of methoxy groups -OCH3 is 1. The Kier molecular flexibility index (Phi) is 5.76. The highest BCUT2D eigenvalue weighted by atomic mass is 32.2. The van der Waals surface area contributed by atoms with E-state index in [0.29, 0.717) is 23.6 Å². The molecule has 0 amide bonds. The number of pyridine rings is 1. The second-order valence-corrected chi connectivity index (χ2v) is 7.45. The zero-order valence-corrected chi connectivity index (χ0v) is 15.4. The van der Waals surface area contributed by atoms with E-state index in [2.05, 4.69) is 9.71 Å². The van der Waals surface area contributed by atoms with Crippen LogP contribution in [0.5, 0.6) is 0 Å². The Labute approximate surface area is 147 Å². The number of esters is 1. The first-order valence-corrected chi connectivity index (χ1v) is 9.52. The minimum atomic E-state index is -3.84. The summed E-state index contributed by atoms with van der Waals surface area (Å²) in [6.07, 6.45) is 2.53. The Bertz CT molecular complexity index is 868. The largest absolute Gasteiger partial charge is 0.464 e. The fourth-order valence-electron chi connectivity index (χ4n) is 2.74. The Morgan fingerprint density at radius 1 is 1.24 bits per heavy atom. The summed E-state index contributed by atoms with van der Waals surface area (Å²) in [5, 5.41) is 0.826. The highest BCUT2D eigenvalue weighted by Crippen LogP contribution is 2.27. The first-order chi connectivity index (χ1) is 11.8. The van der Waals surface area contributed by atoms with Crippen LogP contribution in [0, 0.1) is 0 Å². The van der Waals surface area contributed by atoms with E-state index in [1.165, 1.54) is 19.4 Å². The maximum absolute atomic E-state index is 13.0. The quantitative estimate of drug-likeness (QED) is 0.724. The van der Waals surface area contributed by atoms with Gasteiger partial charge in [-0.3, -0.25) is 0 Å². The number of fused-ring (bicyclic) bond motifs is 1. The molecule has 0 atom stereocenters. The summed E-state index contributed by atoms with van der Waals surface area (Å²) < 4.78 is 33.4. The van der Waals surface area contributed by atoms with Crippen molar-refractivity contribution in [3.8, 4) is 0 Å². The standard InChI is InChI=1S/C17H23N3O4S/c1-4-17(5-2,11-18)20-25(22,23)14-8-6-7-13-12(14)9-10-19-15(13)16(21)24-3/h6-10,20H,4-5,11,18H2,1-3H3. The van der Waals surface area contributed by atoms with Crippen LogP contribution >= 0.6 is 0 Å². The number of ether oxygens (including phenoxy) is 1. The van der Waals surface area contributed by atoms with Crippen molar-refractivity contribution in [1.29, 1.82) is 0 Å². The lowest BCUT2D eigenvalue weighted by atomic mass is 9.95. The van der Waals surface area contributed by atoms with Crippen LogP contribution in [0.2, 0.25) is 0 Å². The van der Waals surface area contributed by atoms with E-state index in [9.17, 15) is 13.2 Å². The molecule has 2 rings (SSSR count). The lowest BCUT2D eigenvalue weighted by molar-refractivity contribution is 0.0596. The smallest absolute Gasteiger partial charge is 0.357 e. The summed E-state index contributed by atoms with van der Waals surface area (Å²) in [6, 6.07) is 6.28. The molecule has 0 aliphatic carbocycles. The first kappa shape index (κ1) is 19.3. The molecule has 136 valence electrons. The summed E-state index contributed by atoms with van der Waals surface area (Å²) in [6.45, 7) is 3.97. The SMILES string of the molecule is CCC(CC)(CN)NS(=O)(=O)c1cccc2c(C(=O)OC)nccc12. The second kappa shape index (κ2) is 7.47. The van der Waals surface area contributed by atoms with Gasteiger partial charge in [0.25, 0.3) is 0 Å². The molecule has 3 N–H and O–H groups in total. The van der Waals surface area contributed by atoms with E-state index in [1.807, 2.05) is 13.8 Å². The van der Waals surface area contributed by atoms with Crippen molar-refractivity contribution in [3.63, 3.8) is 0 Å². The Hall–Kier alpha value is -2.03. The van der Waals surface area contributed by atoms with Crippen molar-refractivity contribution in [2.45, 2.75) is 37.1 Å². The highest BCUT2D eigenvalue weighted by molar-refractivity contribution is 7.89. The van der Waals surface area contributed by atoms with Gasteiger partial charge in [-0.1, -0.05) is 26.0 Å². The first-order valence-electron chi connectivity index (χ1n) is 8.04. The summed E-state index contributed by atoms with van der Waals surface area (Å²) in [7, 11) is -2.59. The molecule has 1 aromatic carbocycles. The predicted octanol–water partition coefficient (Wildman–Crippen LogP) is 1.82. The highest BCUT2D eigenvalue weighted by Gasteiger charge is 2.32. The molecule has 8 heteroatoms. The minimum absolute atomic E-state index is 0.0770. The number of nitrogens with two attached hydrogens (primary N) is 1. The number of hydrogen-bond acceptors (Lipinski definition) is 6. The molecule has 0 aliphatic rings. The summed E-state index contributed by atoms with van der Waals surface area (Å²) >= 11 is 0. The third kappa shape index (κ3) is 3.65. The molecule has 1 aromatic heterocycles. The number of carbonyl (C=O) groups is 1. The number of nitrogens with one attached hydrogen (secondary N) is 1. The number of rotatable bonds is 7. The summed E-state index contributed by atoms with van der Waals surface area (Å²) in [4.78, 5) is 16.0. The minimum Gasteiger partial charge on any atom is -0.464 e. The zero-order valence-electron chi connectivity index (χ0n) is 14.6. The van der Waals surface area contributed by atoms with Crippen molar-refractivity contribution in [1.82, 2.24) is 9.71 Å². The van der Waals surface area contributed by atoms with Gasteiger partial charge in [0, 0.05) is 29.1 Å². The lowest BCUT2D eigenvalue weighted by Gasteiger charge is -2.31. The number of carbonyl (C=O) groups excluding carboxylic acids is 1. The van der Waals surface area contributed by atoms with Gasteiger partial charge in [-0.05, 0) is 25.0 Å². The molecule has 2 aromatic rings. The van der Waals surface area contributed by atoms with Gasteiger partial charge in [-0.2, -0.15) is 0 Å². The lowest BCUT2D eigenvalue weighted by Crippen LogP contribution is -2.52. The number of hydrogen-bond donors (Lipinski definition) is 2. The van der Waals surface area contributed by atoms with Crippen molar-refractivity contribution in [2.75, 3.05) is 13.7 Å². The van der Waals surface area contributed by atoms with Gasteiger partial charge < -0.3 is 10.5 Å². The Morgan fingerprint density at radius 3 is 2.48 bits per heavy atom. The average molecular weight is 365 g/mol. The van der Waals surface area contributed by atoms with Gasteiger partial charge in [-0.15, -0.1) is 0 Å². The van der Waals surface area contributed by atoms with Crippen molar-refractivity contribution >= 4 is 26.8 Å². The molecule has 0 unspecified atom stereocenters. The molecule has 0 fully saturated rings. The van der Waals surface area contributed by atoms with Crippen LogP contribution in [0.1, 0.15) is 37.2 Å². The third-order valence-corrected chi connectivity index (χ3v) is 6.17. The number of sulfonamides is 1. The number of aromatic nitrogens is 1. The maximum atomic E-state index is 13.0. The third-order valence-electron chi connectivity index (χ3n) is 4.53. The number of benzene rings is 1. The van der Waals surface area contributed by atoms with E-state index in [4.69, 9.17) is 10.5 Å². The van der Waals surface area contributed by atoms with Crippen molar-refractivity contribution in [2.24, 2.45) is 5.73 Å². The van der Waals surface area contributed by atoms with Crippen LogP contribution in [0.3, 0.4) is 0 Å². The normalized spacial score (nSPS) is 12.3. The Balaban J connectivity index is 2.63. The molecule has 0 radical (unpaired) electrons. The van der Waals surface area contributed by atoms with Crippen molar-refractivity contribution in [3.05, 3.63) is 36.2 Å². The molecular weight excluding hydrogens is 342 g/mol. The van der Waals surface area contributed by atoms with Gasteiger partial charge in [0.1, 0.15) is 0 Å². The van der Waals surface area contributed by atoms with Gasteiger partial charge in [0.2, 0.25) is 10.0 Å². The molecular formula is C17H23N3O4S. The van der Waals surface area contributed by atoms with E-state index < -0.39 is 21.5 Å². The molecule has 25 heavy (non-hydrogen) atoms. The van der Waals surface area contributed by atoms with Gasteiger partial charge in [0.05, 0.1) is 12.0 Å². The molecule has 0 aliphatic heterocycles. The second-order valence-electron chi connectivity index (χ2n) is 5.80. The molecule has 7 nitrogen and oxygen atoms in total. The van der Waals surface area contributed by atoms with Gasteiger partial charge in [0.15, 0.2) is 5.69 Å². The van der Waals surface area contributed by atoms with E-state index in [1.54, 1.807) is 18.2 Å². The zero-order chi connectivity index (χ0) is 18.7. The van der Waals surface area contributed by atoms with Crippen molar-refractivity contribution < 1.29 is 17.9 Å². The monoisotopic (exact) mass is 365 g/mol. The topological polar surface area (TPSA) is 111 Å². The molecule has 0 saturated heterocycles. The van der Waals surface area contributed by atoms with Crippen LogP contribution in [-0.2, 0) is 14.8 Å².